The maximum Gasteiger partial charge on any atom is 0.271 e. The molecule has 0 aliphatic carbocycles. The van der Waals surface area contributed by atoms with Gasteiger partial charge in [-0.2, -0.15) is 5.10 Å². The molecule has 1 amide bonds. The van der Waals surface area contributed by atoms with Crippen LogP contribution in [0.25, 0.3) is 0 Å². The molecule has 2 heterocycles. The standard InChI is InChI=1S/C19H25FN4O/c1-14(2)24-12-9-18(22-24)19(25)21-16-7-10-23(11-8-16)13-15-5-3-4-6-17(15)20/h3-6,9,12,14,16H,7-8,10-11,13H2,1-2H3,(H,21,25). The van der Waals surface area contributed by atoms with E-state index >= 15 is 0 Å². The Hall–Kier alpha value is -2.21. The van der Waals surface area contributed by atoms with Crippen molar-refractivity contribution in [1.82, 2.24) is 20.0 Å². The average Bonchev–Trinajstić information content (AvgIpc) is 3.09. The topological polar surface area (TPSA) is 50.2 Å². The maximum atomic E-state index is 13.7. The number of carbonyl (C=O) groups is 1. The van der Waals surface area contributed by atoms with Crippen LogP contribution in [-0.2, 0) is 6.54 Å². The molecule has 134 valence electrons. The number of nitrogens with one attached hydrogen (secondary N) is 1. The van der Waals surface area contributed by atoms with Crippen LogP contribution < -0.4 is 5.32 Å². The molecule has 3 rings (SSSR count). The smallest absolute Gasteiger partial charge is 0.271 e. The molecule has 0 atom stereocenters. The summed E-state index contributed by atoms with van der Waals surface area (Å²) in [6, 6.07) is 9.04. The van der Waals surface area contributed by atoms with Crippen molar-refractivity contribution in [3.05, 3.63) is 53.6 Å². The van der Waals surface area contributed by atoms with E-state index in [9.17, 15) is 9.18 Å². The summed E-state index contributed by atoms with van der Waals surface area (Å²) in [5.74, 6) is -0.273. The van der Waals surface area contributed by atoms with Crippen molar-refractivity contribution >= 4 is 5.91 Å². The molecular weight excluding hydrogens is 319 g/mol. The van der Waals surface area contributed by atoms with Gasteiger partial charge in [-0.05, 0) is 38.8 Å². The van der Waals surface area contributed by atoms with Gasteiger partial charge in [0.25, 0.3) is 5.91 Å². The van der Waals surface area contributed by atoms with Gasteiger partial charge in [-0.25, -0.2) is 4.39 Å². The molecular formula is C19H25FN4O. The Morgan fingerprint density at radius 2 is 2.00 bits per heavy atom. The maximum absolute atomic E-state index is 13.7. The molecule has 5 nitrogen and oxygen atoms in total. The van der Waals surface area contributed by atoms with Crippen molar-refractivity contribution < 1.29 is 9.18 Å². The fourth-order valence-corrected chi connectivity index (χ4v) is 3.11. The van der Waals surface area contributed by atoms with Gasteiger partial charge >= 0.3 is 0 Å². The van der Waals surface area contributed by atoms with Crippen LogP contribution in [0.5, 0.6) is 0 Å². The second-order valence-electron chi connectivity index (χ2n) is 6.89. The molecule has 1 saturated heterocycles. The van der Waals surface area contributed by atoms with Crippen LogP contribution in [0.15, 0.2) is 36.5 Å². The number of piperidine rings is 1. The lowest BCUT2D eigenvalue weighted by Crippen LogP contribution is -2.44. The number of aromatic nitrogens is 2. The lowest BCUT2D eigenvalue weighted by molar-refractivity contribution is 0.0902. The molecule has 0 radical (unpaired) electrons. The minimum Gasteiger partial charge on any atom is -0.348 e. The lowest BCUT2D eigenvalue weighted by Gasteiger charge is -2.32. The molecule has 0 unspecified atom stereocenters. The summed E-state index contributed by atoms with van der Waals surface area (Å²) in [7, 11) is 0. The van der Waals surface area contributed by atoms with Gasteiger partial charge in [0.1, 0.15) is 11.5 Å². The Bertz CT molecular complexity index is 720. The molecule has 1 aromatic carbocycles. The van der Waals surface area contributed by atoms with E-state index in [2.05, 4.69) is 15.3 Å². The van der Waals surface area contributed by atoms with E-state index in [-0.39, 0.29) is 23.8 Å². The predicted molar refractivity (Wildman–Crippen MR) is 94.8 cm³/mol. The Labute approximate surface area is 147 Å². The van der Waals surface area contributed by atoms with Crippen LogP contribution in [0.1, 0.15) is 48.8 Å². The van der Waals surface area contributed by atoms with Gasteiger partial charge in [-0.3, -0.25) is 14.4 Å². The zero-order chi connectivity index (χ0) is 17.8. The summed E-state index contributed by atoms with van der Waals surface area (Å²) in [5.41, 5.74) is 1.19. The van der Waals surface area contributed by atoms with Crippen molar-refractivity contribution in [3.8, 4) is 0 Å². The van der Waals surface area contributed by atoms with Crippen LogP contribution in [0.3, 0.4) is 0 Å². The molecule has 25 heavy (non-hydrogen) atoms. The van der Waals surface area contributed by atoms with Crippen LogP contribution >= 0.6 is 0 Å². The first-order valence-electron chi connectivity index (χ1n) is 8.84. The second kappa shape index (κ2) is 7.78. The van der Waals surface area contributed by atoms with Gasteiger partial charge < -0.3 is 5.32 Å². The summed E-state index contributed by atoms with van der Waals surface area (Å²) in [4.78, 5) is 14.5. The summed E-state index contributed by atoms with van der Waals surface area (Å²) in [5, 5.41) is 7.38. The fourth-order valence-electron chi connectivity index (χ4n) is 3.11. The van der Waals surface area contributed by atoms with Crippen LogP contribution in [-0.4, -0.2) is 39.7 Å². The van der Waals surface area contributed by atoms with E-state index in [1.54, 1.807) is 16.8 Å². The van der Waals surface area contributed by atoms with E-state index < -0.39 is 0 Å². The zero-order valence-electron chi connectivity index (χ0n) is 14.8. The molecule has 0 spiro atoms. The minimum absolute atomic E-state index is 0.119. The van der Waals surface area contributed by atoms with Crippen molar-refractivity contribution in [2.45, 2.75) is 45.3 Å². The number of halogens is 1. The molecule has 0 saturated carbocycles. The largest absolute Gasteiger partial charge is 0.348 e. The Morgan fingerprint density at radius 1 is 1.28 bits per heavy atom. The highest BCUT2D eigenvalue weighted by molar-refractivity contribution is 5.92. The zero-order valence-corrected chi connectivity index (χ0v) is 14.8. The van der Waals surface area contributed by atoms with Crippen molar-refractivity contribution in [1.29, 1.82) is 0 Å². The third-order valence-corrected chi connectivity index (χ3v) is 4.64. The number of rotatable bonds is 5. The van der Waals surface area contributed by atoms with E-state index in [0.29, 0.717) is 12.2 Å². The van der Waals surface area contributed by atoms with Crippen molar-refractivity contribution in [2.24, 2.45) is 0 Å². The monoisotopic (exact) mass is 344 g/mol. The highest BCUT2D eigenvalue weighted by Crippen LogP contribution is 2.16. The lowest BCUT2D eigenvalue weighted by atomic mass is 10.0. The van der Waals surface area contributed by atoms with Gasteiger partial charge in [0.2, 0.25) is 0 Å². The number of amides is 1. The third kappa shape index (κ3) is 4.45. The molecule has 6 heteroatoms. The summed E-state index contributed by atoms with van der Waals surface area (Å²) in [6.45, 7) is 6.37. The second-order valence-corrected chi connectivity index (χ2v) is 6.89. The number of hydrogen-bond acceptors (Lipinski definition) is 3. The molecule has 1 aromatic heterocycles. The fraction of sp³-hybridized carbons (Fsp3) is 0.474. The van der Waals surface area contributed by atoms with Gasteiger partial charge in [0.15, 0.2) is 0 Å². The summed E-state index contributed by atoms with van der Waals surface area (Å²) >= 11 is 0. The third-order valence-electron chi connectivity index (χ3n) is 4.64. The number of carbonyl (C=O) groups excluding carboxylic acids is 1. The van der Waals surface area contributed by atoms with Crippen molar-refractivity contribution in [2.75, 3.05) is 13.1 Å². The van der Waals surface area contributed by atoms with E-state index in [1.165, 1.54) is 6.07 Å². The Morgan fingerprint density at radius 3 is 2.64 bits per heavy atom. The van der Waals surface area contributed by atoms with Crippen LogP contribution in [0.2, 0.25) is 0 Å². The van der Waals surface area contributed by atoms with Gasteiger partial charge in [-0.15, -0.1) is 0 Å². The van der Waals surface area contributed by atoms with Gasteiger partial charge in [-0.1, -0.05) is 18.2 Å². The highest BCUT2D eigenvalue weighted by Gasteiger charge is 2.22. The molecule has 1 fully saturated rings. The Kier molecular flexibility index (Phi) is 5.48. The van der Waals surface area contributed by atoms with Crippen molar-refractivity contribution in [3.63, 3.8) is 0 Å². The molecule has 1 aliphatic rings. The molecule has 0 bridgehead atoms. The number of likely N-dealkylation sites (tertiary alicyclic amines) is 1. The number of nitrogens with zero attached hydrogens (tertiary/aromatic N) is 3. The number of benzene rings is 1. The molecule has 1 aliphatic heterocycles. The summed E-state index contributed by atoms with van der Waals surface area (Å²) < 4.78 is 15.5. The van der Waals surface area contributed by atoms with E-state index in [1.807, 2.05) is 32.2 Å². The SMILES string of the molecule is CC(C)n1ccc(C(=O)NC2CCN(Cc3ccccc3F)CC2)n1. The van der Waals surface area contributed by atoms with E-state index in [4.69, 9.17) is 0 Å². The number of hydrogen-bond donors (Lipinski definition) is 1. The van der Waals surface area contributed by atoms with Gasteiger partial charge in [0, 0.05) is 43.5 Å². The Balaban J connectivity index is 1.49. The molecule has 2 aromatic rings. The first-order valence-corrected chi connectivity index (χ1v) is 8.84. The van der Waals surface area contributed by atoms with E-state index in [0.717, 1.165) is 31.5 Å². The van der Waals surface area contributed by atoms with Crippen LogP contribution in [0, 0.1) is 5.82 Å². The first-order chi connectivity index (χ1) is 12.0. The highest BCUT2D eigenvalue weighted by atomic mass is 19.1. The summed E-state index contributed by atoms with van der Waals surface area (Å²) in [6.07, 6.45) is 3.56. The van der Waals surface area contributed by atoms with Crippen LogP contribution in [0.4, 0.5) is 4.39 Å². The predicted octanol–water partition coefficient (Wildman–Crippen LogP) is 3.00. The quantitative estimate of drug-likeness (QED) is 0.907. The molecule has 1 N–H and O–H groups in total. The van der Waals surface area contributed by atoms with Gasteiger partial charge in [0.05, 0.1) is 0 Å². The minimum atomic E-state index is -0.154. The average molecular weight is 344 g/mol. The first kappa shape index (κ1) is 17.6. The normalized spacial score (nSPS) is 16.3.